The van der Waals surface area contributed by atoms with Gasteiger partial charge in [0.25, 0.3) is 5.56 Å². The fraction of sp³-hybridized carbons (Fsp3) is 0.360. The van der Waals surface area contributed by atoms with Crippen LogP contribution in [0, 0.1) is 13.8 Å². The van der Waals surface area contributed by atoms with Crippen molar-refractivity contribution in [1.82, 2.24) is 9.88 Å². The van der Waals surface area contributed by atoms with Gasteiger partial charge in [0.15, 0.2) is 5.11 Å². The highest BCUT2D eigenvalue weighted by molar-refractivity contribution is 7.80. The van der Waals surface area contributed by atoms with E-state index in [4.69, 9.17) is 17.0 Å². The van der Waals surface area contributed by atoms with E-state index in [1.54, 1.807) is 7.11 Å². The fourth-order valence-corrected chi connectivity index (χ4v) is 4.63. The minimum Gasteiger partial charge on any atom is -0.497 e. The Kier molecular flexibility index (Phi) is 6.28. The Morgan fingerprint density at radius 1 is 1.16 bits per heavy atom. The van der Waals surface area contributed by atoms with Crippen LogP contribution < -0.4 is 15.6 Å². The largest absolute Gasteiger partial charge is 0.497 e. The Bertz CT molecular complexity index is 1170. The monoisotopic (exact) mass is 435 g/mol. The number of anilines is 1. The van der Waals surface area contributed by atoms with E-state index < -0.39 is 0 Å². The van der Waals surface area contributed by atoms with Gasteiger partial charge in [0.2, 0.25) is 0 Å². The molecule has 0 atom stereocenters. The number of H-pyrrole nitrogens is 1. The molecule has 162 valence electrons. The van der Waals surface area contributed by atoms with Crippen molar-refractivity contribution in [2.45, 2.75) is 52.1 Å². The highest BCUT2D eigenvalue weighted by atomic mass is 32.1. The van der Waals surface area contributed by atoms with Crippen molar-refractivity contribution in [3.8, 4) is 5.75 Å². The van der Waals surface area contributed by atoms with Crippen LogP contribution in [0.4, 0.5) is 5.69 Å². The molecule has 5 nitrogen and oxygen atoms in total. The second-order valence-corrected chi connectivity index (χ2v) is 8.76. The van der Waals surface area contributed by atoms with Crippen LogP contribution >= 0.6 is 12.2 Å². The zero-order chi connectivity index (χ0) is 22.0. The van der Waals surface area contributed by atoms with E-state index in [0.717, 1.165) is 40.7 Å². The van der Waals surface area contributed by atoms with E-state index >= 15 is 0 Å². The first kappa shape index (κ1) is 21.4. The average Bonchev–Trinajstić information content (AvgIpc) is 3.28. The van der Waals surface area contributed by atoms with Gasteiger partial charge in [-0.25, -0.2) is 0 Å². The SMILES string of the molecule is COc1cccc(NC(=S)N(Cc2cc3cc(C)c(C)cc3[nH]c2=O)C2CCCC2)c1. The van der Waals surface area contributed by atoms with Gasteiger partial charge < -0.3 is 19.9 Å². The third kappa shape index (κ3) is 4.74. The van der Waals surface area contributed by atoms with E-state index in [1.165, 1.54) is 24.0 Å². The molecular formula is C25H29N3O2S. The number of aromatic amines is 1. The Hall–Kier alpha value is -2.86. The number of hydrogen-bond donors (Lipinski definition) is 2. The van der Waals surface area contributed by atoms with Gasteiger partial charge in [0, 0.05) is 28.9 Å². The molecule has 0 saturated heterocycles. The molecule has 3 aromatic rings. The van der Waals surface area contributed by atoms with Crippen molar-refractivity contribution in [2.24, 2.45) is 0 Å². The zero-order valence-corrected chi connectivity index (χ0v) is 19.1. The molecule has 2 aromatic carbocycles. The van der Waals surface area contributed by atoms with Crippen LogP contribution in [-0.2, 0) is 6.54 Å². The first-order valence-electron chi connectivity index (χ1n) is 10.8. The number of nitrogens with zero attached hydrogens (tertiary/aromatic N) is 1. The summed E-state index contributed by atoms with van der Waals surface area (Å²) in [6.07, 6.45) is 4.55. The summed E-state index contributed by atoms with van der Waals surface area (Å²) in [6.45, 7) is 4.64. The Labute approximate surface area is 188 Å². The number of nitrogens with one attached hydrogen (secondary N) is 2. The Morgan fingerprint density at radius 2 is 1.90 bits per heavy atom. The lowest BCUT2D eigenvalue weighted by molar-refractivity contribution is 0.311. The molecule has 0 aliphatic heterocycles. The second-order valence-electron chi connectivity index (χ2n) is 8.38. The van der Waals surface area contributed by atoms with Gasteiger partial charge in [-0.3, -0.25) is 4.79 Å². The smallest absolute Gasteiger partial charge is 0.253 e. The Morgan fingerprint density at radius 3 is 2.65 bits per heavy atom. The molecule has 0 bridgehead atoms. The zero-order valence-electron chi connectivity index (χ0n) is 18.3. The van der Waals surface area contributed by atoms with E-state index in [-0.39, 0.29) is 5.56 Å². The highest BCUT2D eigenvalue weighted by Gasteiger charge is 2.26. The molecular weight excluding hydrogens is 406 g/mol. The number of thiocarbonyl (C=S) groups is 1. The highest BCUT2D eigenvalue weighted by Crippen LogP contribution is 2.27. The molecule has 31 heavy (non-hydrogen) atoms. The number of ether oxygens (including phenoxy) is 1. The third-order valence-electron chi connectivity index (χ3n) is 6.22. The van der Waals surface area contributed by atoms with Crippen LogP contribution in [0.3, 0.4) is 0 Å². The molecule has 1 saturated carbocycles. The van der Waals surface area contributed by atoms with E-state index in [2.05, 4.69) is 35.1 Å². The summed E-state index contributed by atoms with van der Waals surface area (Å²) in [6, 6.07) is 14.2. The summed E-state index contributed by atoms with van der Waals surface area (Å²) in [5, 5.41) is 5.04. The molecule has 0 spiro atoms. The molecule has 1 heterocycles. The quantitative estimate of drug-likeness (QED) is 0.533. The topological polar surface area (TPSA) is 57.4 Å². The van der Waals surface area contributed by atoms with Crippen molar-refractivity contribution in [3.05, 3.63) is 69.5 Å². The summed E-state index contributed by atoms with van der Waals surface area (Å²) >= 11 is 5.81. The molecule has 0 radical (unpaired) electrons. The van der Waals surface area contributed by atoms with Crippen molar-refractivity contribution >= 4 is 33.9 Å². The van der Waals surface area contributed by atoms with Crippen LogP contribution in [0.25, 0.3) is 10.9 Å². The van der Waals surface area contributed by atoms with Gasteiger partial charge in [0.05, 0.1) is 13.7 Å². The van der Waals surface area contributed by atoms with Crippen molar-refractivity contribution in [1.29, 1.82) is 0 Å². The summed E-state index contributed by atoms with van der Waals surface area (Å²) in [4.78, 5) is 18.1. The minimum absolute atomic E-state index is 0.0528. The summed E-state index contributed by atoms with van der Waals surface area (Å²) in [5.41, 5.74) is 4.83. The maximum atomic E-state index is 12.9. The summed E-state index contributed by atoms with van der Waals surface area (Å²) in [7, 11) is 1.65. The lowest BCUT2D eigenvalue weighted by Crippen LogP contribution is -2.42. The standard InChI is InChI=1S/C25H29N3O2S/c1-16-11-18-13-19(24(29)27-23(18)12-17(16)2)15-28(21-8-4-5-9-21)25(31)26-20-7-6-10-22(14-20)30-3/h6-7,10-14,21H,4-5,8-9,15H2,1-3H3,(H,26,31)(H,27,29). The number of methoxy groups -OCH3 is 1. The maximum Gasteiger partial charge on any atom is 0.253 e. The lowest BCUT2D eigenvalue weighted by Gasteiger charge is -2.31. The minimum atomic E-state index is -0.0528. The third-order valence-corrected chi connectivity index (χ3v) is 6.56. The number of rotatable bonds is 5. The number of benzene rings is 2. The van der Waals surface area contributed by atoms with E-state index in [1.807, 2.05) is 36.4 Å². The normalized spacial score (nSPS) is 14.0. The van der Waals surface area contributed by atoms with Crippen LogP contribution in [-0.4, -0.2) is 28.1 Å². The molecule has 1 fully saturated rings. The summed E-state index contributed by atoms with van der Waals surface area (Å²) in [5.74, 6) is 0.775. The van der Waals surface area contributed by atoms with E-state index in [0.29, 0.717) is 17.7 Å². The molecule has 1 aliphatic carbocycles. The van der Waals surface area contributed by atoms with Crippen LogP contribution in [0.5, 0.6) is 5.75 Å². The molecule has 0 amide bonds. The maximum absolute atomic E-state index is 12.9. The van der Waals surface area contributed by atoms with Crippen LogP contribution in [0.1, 0.15) is 42.4 Å². The predicted octanol–water partition coefficient (Wildman–Crippen LogP) is 5.30. The van der Waals surface area contributed by atoms with Gasteiger partial charge in [0.1, 0.15) is 5.75 Å². The number of fused-ring (bicyclic) bond motifs is 1. The first-order chi connectivity index (χ1) is 14.9. The molecule has 6 heteroatoms. The van der Waals surface area contributed by atoms with Gasteiger partial charge >= 0.3 is 0 Å². The number of hydrogen-bond acceptors (Lipinski definition) is 3. The first-order valence-corrected chi connectivity index (χ1v) is 11.2. The number of pyridine rings is 1. The molecule has 1 aromatic heterocycles. The molecule has 4 rings (SSSR count). The fourth-order valence-electron chi connectivity index (χ4n) is 4.30. The second kappa shape index (κ2) is 9.10. The van der Waals surface area contributed by atoms with Crippen molar-refractivity contribution < 1.29 is 4.74 Å². The molecule has 1 aliphatic rings. The number of aryl methyl sites for hydroxylation is 2. The molecule has 0 unspecified atom stereocenters. The van der Waals surface area contributed by atoms with Crippen LogP contribution in [0.2, 0.25) is 0 Å². The molecule has 2 N–H and O–H groups in total. The van der Waals surface area contributed by atoms with Gasteiger partial charge in [-0.1, -0.05) is 18.9 Å². The van der Waals surface area contributed by atoms with Gasteiger partial charge in [-0.15, -0.1) is 0 Å². The lowest BCUT2D eigenvalue weighted by atomic mass is 10.0. The van der Waals surface area contributed by atoms with Crippen LogP contribution in [0.15, 0.2) is 47.3 Å². The average molecular weight is 436 g/mol. The number of aromatic nitrogens is 1. The predicted molar refractivity (Wildman–Crippen MR) is 131 cm³/mol. The van der Waals surface area contributed by atoms with Crippen molar-refractivity contribution in [2.75, 3.05) is 12.4 Å². The van der Waals surface area contributed by atoms with Gasteiger partial charge in [-0.2, -0.15) is 0 Å². The summed E-state index contributed by atoms with van der Waals surface area (Å²) < 4.78 is 5.32. The Balaban J connectivity index is 1.63. The van der Waals surface area contributed by atoms with E-state index in [9.17, 15) is 4.79 Å². The van der Waals surface area contributed by atoms with Crippen molar-refractivity contribution in [3.63, 3.8) is 0 Å². The van der Waals surface area contributed by atoms with Gasteiger partial charge in [-0.05, 0) is 85.8 Å².